The maximum absolute atomic E-state index is 12.6. The molecule has 0 fully saturated rings. The van der Waals surface area contributed by atoms with Crippen molar-refractivity contribution in [2.24, 2.45) is 0 Å². The second-order valence-electron chi connectivity index (χ2n) is 8.46. The Morgan fingerprint density at radius 2 is 1.65 bits per heavy atom. The average molecular weight is 614 g/mol. The van der Waals surface area contributed by atoms with Crippen LogP contribution in [0.25, 0.3) is 10.1 Å². The zero-order chi connectivity index (χ0) is 26.6. The summed E-state index contributed by atoms with van der Waals surface area (Å²) in [6, 6.07) is 23.0. The van der Waals surface area contributed by atoms with Crippen LogP contribution in [0.5, 0.6) is 5.75 Å². The molecule has 0 radical (unpaired) electrons. The molecule has 0 saturated heterocycles. The number of benzene rings is 3. The quantitative estimate of drug-likeness (QED) is 0.192. The SMILES string of the molecule is CN(Cc1ccccc1)C(Cc1ccc(OC(F)(F)F)cc1)CN(c1sc2ccccc2c1Br)S(=O)O. The summed E-state index contributed by atoms with van der Waals surface area (Å²) in [5, 5.41) is 1.58. The van der Waals surface area contributed by atoms with Crippen molar-refractivity contribution in [1.82, 2.24) is 4.90 Å². The van der Waals surface area contributed by atoms with Crippen LogP contribution in [0.15, 0.2) is 83.3 Å². The fourth-order valence-electron chi connectivity index (χ4n) is 4.03. The van der Waals surface area contributed by atoms with Gasteiger partial charge in [0.15, 0.2) is 0 Å². The molecular weight excluding hydrogens is 589 g/mol. The molecule has 1 aromatic heterocycles. The molecule has 1 N–H and O–H groups in total. The van der Waals surface area contributed by atoms with Gasteiger partial charge in [-0.15, -0.1) is 24.5 Å². The molecular formula is C26H24BrF3N2O3S2. The number of fused-ring (bicyclic) bond motifs is 1. The number of alkyl halides is 3. The van der Waals surface area contributed by atoms with Crippen LogP contribution in [-0.2, 0) is 24.2 Å². The lowest BCUT2D eigenvalue weighted by molar-refractivity contribution is -0.274. The van der Waals surface area contributed by atoms with Gasteiger partial charge in [0.25, 0.3) is 11.3 Å². The van der Waals surface area contributed by atoms with Crippen molar-refractivity contribution in [1.29, 1.82) is 0 Å². The summed E-state index contributed by atoms with van der Waals surface area (Å²) in [6.07, 6.45) is -4.32. The molecule has 5 nitrogen and oxygen atoms in total. The van der Waals surface area contributed by atoms with E-state index in [4.69, 9.17) is 0 Å². The first-order valence-corrected chi connectivity index (χ1v) is 13.9. The van der Waals surface area contributed by atoms with Gasteiger partial charge in [-0.05, 0) is 58.7 Å². The van der Waals surface area contributed by atoms with E-state index in [9.17, 15) is 21.9 Å². The van der Waals surface area contributed by atoms with Crippen LogP contribution >= 0.6 is 27.3 Å². The lowest BCUT2D eigenvalue weighted by Gasteiger charge is -2.32. The molecule has 0 aliphatic heterocycles. The molecule has 4 rings (SSSR count). The Hall–Kier alpha value is -2.44. The molecule has 3 aromatic carbocycles. The molecule has 0 aliphatic rings. The van der Waals surface area contributed by atoms with Crippen molar-refractivity contribution < 1.29 is 26.7 Å². The predicted molar refractivity (Wildman–Crippen MR) is 146 cm³/mol. The lowest BCUT2D eigenvalue weighted by Crippen LogP contribution is -2.43. The van der Waals surface area contributed by atoms with Crippen LogP contribution in [0.2, 0.25) is 0 Å². The molecule has 4 aromatic rings. The van der Waals surface area contributed by atoms with Crippen molar-refractivity contribution >= 4 is 53.6 Å². The number of nitrogens with zero attached hydrogens (tertiary/aromatic N) is 2. The molecule has 196 valence electrons. The Kier molecular flexibility index (Phi) is 8.91. The fraction of sp³-hybridized carbons (Fsp3) is 0.231. The van der Waals surface area contributed by atoms with E-state index in [1.807, 2.05) is 61.6 Å². The Morgan fingerprint density at radius 1 is 1.00 bits per heavy atom. The molecule has 37 heavy (non-hydrogen) atoms. The third kappa shape index (κ3) is 7.32. The predicted octanol–water partition coefficient (Wildman–Crippen LogP) is 7.25. The molecule has 0 bridgehead atoms. The first kappa shape index (κ1) is 27.6. The number of ether oxygens (including phenoxy) is 1. The highest BCUT2D eigenvalue weighted by Gasteiger charge is 2.31. The Bertz CT molecular complexity index is 1350. The van der Waals surface area contributed by atoms with Crippen molar-refractivity contribution in [3.8, 4) is 5.75 Å². The van der Waals surface area contributed by atoms with Crippen LogP contribution in [-0.4, -0.2) is 39.7 Å². The van der Waals surface area contributed by atoms with Gasteiger partial charge in [0.05, 0.1) is 11.0 Å². The topological polar surface area (TPSA) is 53.0 Å². The van der Waals surface area contributed by atoms with E-state index < -0.39 is 17.6 Å². The smallest absolute Gasteiger partial charge is 0.406 e. The number of likely N-dealkylation sites (N-methyl/N-ethyl adjacent to an activating group) is 1. The minimum Gasteiger partial charge on any atom is -0.406 e. The van der Waals surface area contributed by atoms with E-state index in [-0.39, 0.29) is 18.3 Å². The second kappa shape index (κ2) is 12.0. The zero-order valence-corrected chi connectivity index (χ0v) is 22.9. The van der Waals surface area contributed by atoms with Gasteiger partial charge in [0, 0.05) is 22.7 Å². The zero-order valence-electron chi connectivity index (χ0n) is 19.7. The minimum absolute atomic E-state index is 0.207. The Labute approximate surface area is 228 Å². The van der Waals surface area contributed by atoms with Crippen LogP contribution in [0.4, 0.5) is 18.2 Å². The van der Waals surface area contributed by atoms with Crippen molar-refractivity contribution in [3.05, 3.63) is 94.5 Å². The Morgan fingerprint density at radius 3 is 2.27 bits per heavy atom. The fourth-order valence-corrected chi connectivity index (χ4v) is 6.93. The summed E-state index contributed by atoms with van der Waals surface area (Å²) in [7, 11) is 1.93. The number of anilines is 1. The molecule has 2 atom stereocenters. The van der Waals surface area contributed by atoms with Gasteiger partial charge in [-0.3, -0.25) is 13.8 Å². The number of thiophene rings is 1. The summed E-state index contributed by atoms with van der Waals surface area (Å²) in [5.41, 5.74) is 1.85. The second-order valence-corrected chi connectivity index (χ2v) is 11.2. The summed E-state index contributed by atoms with van der Waals surface area (Å²) in [6.45, 7) is 0.791. The maximum atomic E-state index is 12.6. The standard InChI is InChI=1S/C26H24BrF3N2O3S2/c1-31(16-19-7-3-2-4-8-19)20(15-18-11-13-21(14-12-18)35-26(28,29)30)17-32(37(33)34)25-24(27)22-9-5-6-10-23(22)36-25/h2-14,20H,15-17H2,1H3,(H,33,34). The van der Waals surface area contributed by atoms with Gasteiger partial charge in [-0.2, -0.15) is 0 Å². The average Bonchev–Trinajstić information content (AvgIpc) is 3.18. The van der Waals surface area contributed by atoms with E-state index >= 15 is 0 Å². The largest absolute Gasteiger partial charge is 0.573 e. The molecule has 0 spiro atoms. The van der Waals surface area contributed by atoms with E-state index in [1.165, 1.54) is 27.8 Å². The Balaban J connectivity index is 1.62. The lowest BCUT2D eigenvalue weighted by atomic mass is 10.0. The molecule has 0 saturated carbocycles. The van der Waals surface area contributed by atoms with Gasteiger partial charge < -0.3 is 4.74 Å². The third-order valence-corrected chi connectivity index (χ3v) is 8.92. The van der Waals surface area contributed by atoms with Crippen LogP contribution in [0, 0.1) is 0 Å². The molecule has 0 amide bonds. The van der Waals surface area contributed by atoms with Crippen LogP contribution in [0.3, 0.4) is 0 Å². The number of hydrogen-bond acceptors (Lipinski definition) is 4. The highest BCUT2D eigenvalue weighted by Crippen LogP contribution is 2.42. The van der Waals surface area contributed by atoms with E-state index in [1.54, 1.807) is 12.1 Å². The maximum Gasteiger partial charge on any atom is 0.573 e. The first-order valence-electron chi connectivity index (χ1n) is 11.2. The van der Waals surface area contributed by atoms with Gasteiger partial charge >= 0.3 is 6.36 Å². The summed E-state index contributed by atoms with van der Waals surface area (Å²) < 4.78 is 67.7. The van der Waals surface area contributed by atoms with Crippen molar-refractivity contribution in [3.63, 3.8) is 0 Å². The van der Waals surface area contributed by atoms with E-state index in [2.05, 4.69) is 25.6 Å². The van der Waals surface area contributed by atoms with Crippen LogP contribution < -0.4 is 9.04 Å². The third-order valence-electron chi connectivity index (χ3n) is 5.84. The molecule has 1 heterocycles. The molecule has 2 unspecified atom stereocenters. The molecule has 0 aliphatic carbocycles. The first-order chi connectivity index (χ1) is 17.6. The highest BCUT2D eigenvalue weighted by molar-refractivity contribution is 9.10. The summed E-state index contributed by atoms with van der Waals surface area (Å²) in [4.78, 5) is 2.08. The van der Waals surface area contributed by atoms with E-state index in [0.717, 1.165) is 25.7 Å². The summed E-state index contributed by atoms with van der Waals surface area (Å²) >= 11 is 2.71. The number of halogens is 4. The number of hydrogen-bond donors (Lipinski definition) is 1. The van der Waals surface area contributed by atoms with E-state index in [0.29, 0.717) is 18.0 Å². The minimum atomic E-state index is -4.76. The van der Waals surface area contributed by atoms with Crippen LogP contribution in [0.1, 0.15) is 11.1 Å². The highest BCUT2D eigenvalue weighted by atomic mass is 79.9. The van der Waals surface area contributed by atoms with Crippen molar-refractivity contribution in [2.45, 2.75) is 25.4 Å². The normalized spacial score (nSPS) is 13.6. The van der Waals surface area contributed by atoms with Crippen molar-refractivity contribution in [2.75, 3.05) is 17.9 Å². The number of rotatable bonds is 10. The monoisotopic (exact) mass is 612 g/mol. The summed E-state index contributed by atoms with van der Waals surface area (Å²) in [5.74, 6) is -0.294. The van der Waals surface area contributed by atoms with Gasteiger partial charge in [0.2, 0.25) is 0 Å². The molecule has 11 heteroatoms. The van der Waals surface area contributed by atoms with Gasteiger partial charge in [0.1, 0.15) is 10.8 Å². The van der Waals surface area contributed by atoms with Gasteiger partial charge in [-0.25, -0.2) is 4.21 Å². The van der Waals surface area contributed by atoms with Gasteiger partial charge in [-0.1, -0.05) is 60.7 Å².